The number of amides is 1. The molecule has 0 bridgehead atoms. The minimum Gasteiger partial charge on any atom is -0.465 e. The number of thiophene rings is 1. The zero-order chi connectivity index (χ0) is 16.2. The molecule has 0 unspecified atom stereocenters. The van der Waals surface area contributed by atoms with Crippen LogP contribution in [0.25, 0.3) is 0 Å². The maximum atomic E-state index is 11.8. The predicted octanol–water partition coefficient (Wildman–Crippen LogP) is 2.53. The number of ether oxygens (including phenoxy) is 2. The first-order valence-corrected chi connectivity index (χ1v) is 6.89. The Bertz CT molecular complexity index is 611. The Kier molecular flexibility index (Phi) is 5.66. The summed E-state index contributed by atoms with van der Waals surface area (Å²) in [5, 5.41) is 2.86. The van der Waals surface area contributed by atoms with Gasteiger partial charge in [-0.25, -0.2) is 9.59 Å². The first-order valence-electron chi connectivity index (χ1n) is 6.07. The Balaban J connectivity index is 3.29. The lowest BCUT2D eigenvalue weighted by Crippen LogP contribution is -2.12. The lowest BCUT2D eigenvalue weighted by atomic mass is 10.1. The van der Waals surface area contributed by atoms with Crippen LogP contribution in [0.4, 0.5) is 5.00 Å². The van der Waals surface area contributed by atoms with E-state index in [2.05, 4.69) is 10.1 Å². The van der Waals surface area contributed by atoms with Gasteiger partial charge in [0.25, 0.3) is 0 Å². The topological polar surface area (TPSA) is 81.7 Å². The smallest absolute Gasteiger partial charge is 0.348 e. The molecular weight excluding hydrogens is 294 g/mol. The van der Waals surface area contributed by atoms with Gasteiger partial charge in [-0.05, 0) is 26.3 Å². The van der Waals surface area contributed by atoms with Gasteiger partial charge < -0.3 is 14.8 Å². The van der Waals surface area contributed by atoms with Crippen molar-refractivity contribution in [2.24, 2.45) is 0 Å². The average molecular weight is 311 g/mol. The fourth-order valence-electron chi connectivity index (χ4n) is 1.65. The molecule has 6 nitrogen and oxygen atoms in total. The van der Waals surface area contributed by atoms with Gasteiger partial charge in [0.15, 0.2) is 0 Å². The number of allylic oxidation sites excluding steroid dienone is 1. The Morgan fingerprint density at radius 1 is 1.10 bits per heavy atom. The Labute approximate surface area is 126 Å². The minimum atomic E-state index is -0.619. The van der Waals surface area contributed by atoms with Crippen LogP contribution in [0, 0.1) is 6.92 Å². The SMILES string of the molecule is COC(=O)c1sc(NC(=O)C=C(C)C)c(C(=O)OC)c1C. The van der Waals surface area contributed by atoms with E-state index < -0.39 is 11.9 Å². The monoisotopic (exact) mass is 311 g/mol. The van der Waals surface area contributed by atoms with Gasteiger partial charge in [-0.1, -0.05) is 5.57 Å². The zero-order valence-electron chi connectivity index (χ0n) is 12.5. The predicted molar refractivity (Wildman–Crippen MR) is 79.8 cm³/mol. The van der Waals surface area contributed by atoms with Crippen molar-refractivity contribution in [1.82, 2.24) is 0 Å². The van der Waals surface area contributed by atoms with Gasteiger partial charge in [0, 0.05) is 6.08 Å². The van der Waals surface area contributed by atoms with Crippen LogP contribution in [0.5, 0.6) is 0 Å². The minimum absolute atomic E-state index is 0.165. The highest BCUT2D eigenvalue weighted by molar-refractivity contribution is 7.18. The van der Waals surface area contributed by atoms with Gasteiger partial charge in [0.05, 0.1) is 19.8 Å². The number of rotatable bonds is 4. The molecule has 0 aliphatic carbocycles. The highest BCUT2D eigenvalue weighted by Gasteiger charge is 2.26. The summed E-state index contributed by atoms with van der Waals surface area (Å²) in [6, 6.07) is 0. The molecule has 0 radical (unpaired) electrons. The number of nitrogens with one attached hydrogen (secondary N) is 1. The van der Waals surface area contributed by atoms with E-state index in [4.69, 9.17) is 4.74 Å². The highest BCUT2D eigenvalue weighted by atomic mass is 32.1. The fraction of sp³-hybridized carbons (Fsp3) is 0.357. The molecule has 1 aromatic heterocycles. The molecule has 0 atom stereocenters. The summed E-state index contributed by atoms with van der Waals surface area (Å²) in [5.41, 5.74) is 1.40. The normalized spacial score (nSPS) is 9.76. The maximum absolute atomic E-state index is 11.8. The van der Waals surface area contributed by atoms with Crippen molar-refractivity contribution in [3.8, 4) is 0 Å². The van der Waals surface area contributed by atoms with Crippen LogP contribution in [0.15, 0.2) is 11.6 Å². The first-order chi connectivity index (χ1) is 9.81. The molecule has 0 spiro atoms. The standard InChI is InChI=1S/C14H17NO5S/c1-7(2)6-9(16)15-12-10(13(17)19-4)8(3)11(21-12)14(18)20-5/h6H,1-5H3,(H,15,16). The van der Waals surface area contributed by atoms with Crippen molar-refractivity contribution < 1.29 is 23.9 Å². The number of hydrogen-bond donors (Lipinski definition) is 1. The van der Waals surface area contributed by atoms with Gasteiger partial charge in [0.2, 0.25) is 5.91 Å². The van der Waals surface area contributed by atoms with E-state index in [1.165, 1.54) is 20.3 Å². The van der Waals surface area contributed by atoms with Crippen molar-refractivity contribution in [1.29, 1.82) is 0 Å². The van der Waals surface area contributed by atoms with E-state index in [9.17, 15) is 14.4 Å². The molecule has 7 heteroatoms. The second-order valence-corrected chi connectivity index (χ2v) is 5.48. The summed E-state index contributed by atoms with van der Waals surface area (Å²) in [7, 11) is 2.49. The quantitative estimate of drug-likeness (QED) is 0.682. The van der Waals surface area contributed by atoms with Crippen LogP contribution in [0.3, 0.4) is 0 Å². The molecule has 21 heavy (non-hydrogen) atoms. The van der Waals surface area contributed by atoms with Crippen molar-refractivity contribution in [3.63, 3.8) is 0 Å². The van der Waals surface area contributed by atoms with Crippen LogP contribution < -0.4 is 5.32 Å². The van der Waals surface area contributed by atoms with E-state index in [1.807, 2.05) is 0 Å². The van der Waals surface area contributed by atoms with E-state index in [0.29, 0.717) is 5.56 Å². The van der Waals surface area contributed by atoms with Gasteiger partial charge in [0.1, 0.15) is 9.88 Å². The van der Waals surface area contributed by atoms with Crippen molar-refractivity contribution in [2.45, 2.75) is 20.8 Å². The largest absolute Gasteiger partial charge is 0.465 e. The van der Waals surface area contributed by atoms with E-state index in [1.54, 1.807) is 20.8 Å². The van der Waals surface area contributed by atoms with Crippen LogP contribution >= 0.6 is 11.3 Å². The van der Waals surface area contributed by atoms with Gasteiger partial charge in [-0.2, -0.15) is 0 Å². The third kappa shape index (κ3) is 3.91. The third-order valence-electron chi connectivity index (χ3n) is 2.56. The molecule has 1 rings (SSSR count). The summed E-state index contributed by atoms with van der Waals surface area (Å²) in [6.45, 7) is 5.16. The number of carbonyl (C=O) groups is 3. The second kappa shape index (κ2) is 7.03. The first kappa shape index (κ1) is 16.9. The lowest BCUT2D eigenvalue weighted by Gasteiger charge is -2.04. The molecule has 1 heterocycles. The summed E-state index contributed by atoms with van der Waals surface area (Å²) in [4.78, 5) is 35.6. The number of esters is 2. The van der Waals surface area contributed by atoms with Crippen LogP contribution in [-0.2, 0) is 14.3 Å². The van der Waals surface area contributed by atoms with E-state index in [-0.39, 0.29) is 21.3 Å². The number of carbonyl (C=O) groups excluding carboxylic acids is 3. The van der Waals surface area contributed by atoms with Crippen molar-refractivity contribution >= 4 is 34.2 Å². The molecule has 0 aliphatic heterocycles. The Morgan fingerprint density at radius 2 is 1.67 bits per heavy atom. The summed E-state index contributed by atoms with van der Waals surface area (Å²) in [5.74, 6) is -1.56. The third-order valence-corrected chi connectivity index (χ3v) is 3.75. The van der Waals surface area contributed by atoms with E-state index in [0.717, 1.165) is 16.9 Å². The molecule has 0 saturated carbocycles. The summed E-state index contributed by atoms with van der Waals surface area (Å²) in [6.07, 6.45) is 1.40. The Hall–Kier alpha value is -2.15. The molecule has 1 N–H and O–H groups in total. The molecule has 1 aromatic rings. The number of anilines is 1. The van der Waals surface area contributed by atoms with Crippen LogP contribution in [0.1, 0.15) is 39.4 Å². The summed E-state index contributed by atoms with van der Waals surface area (Å²) >= 11 is 0.981. The van der Waals surface area contributed by atoms with Gasteiger partial charge in [-0.3, -0.25) is 4.79 Å². The second-order valence-electron chi connectivity index (χ2n) is 4.45. The van der Waals surface area contributed by atoms with Gasteiger partial charge >= 0.3 is 11.9 Å². The highest BCUT2D eigenvalue weighted by Crippen LogP contribution is 2.34. The molecule has 1 amide bonds. The molecular formula is C14H17NO5S. The summed E-state index contributed by atoms with van der Waals surface area (Å²) < 4.78 is 9.36. The number of hydrogen-bond acceptors (Lipinski definition) is 6. The Morgan fingerprint density at radius 3 is 2.14 bits per heavy atom. The molecule has 114 valence electrons. The van der Waals surface area contributed by atoms with Crippen molar-refractivity contribution in [2.75, 3.05) is 19.5 Å². The molecule has 0 fully saturated rings. The van der Waals surface area contributed by atoms with Gasteiger partial charge in [-0.15, -0.1) is 11.3 Å². The van der Waals surface area contributed by atoms with Crippen molar-refractivity contribution in [3.05, 3.63) is 27.7 Å². The lowest BCUT2D eigenvalue weighted by molar-refractivity contribution is -0.111. The van der Waals surface area contributed by atoms with Crippen LogP contribution in [0.2, 0.25) is 0 Å². The average Bonchev–Trinajstić information content (AvgIpc) is 2.72. The molecule has 0 aliphatic rings. The van der Waals surface area contributed by atoms with Crippen LogP contribution in [-0.4, -0.2) is 32.1 Å². The maximum Gasteiger partial charge on any atom is 0.348 e. The molecule has 0 saturated heterocycles. The number of methoxy groups -OCH3 is 2. The van der Waals surface area contributed by atoms with E-state index >= 15 is 0 Å². The fourth-order valence-corrected chi connectivity index (χ4v) is 2.76. The molecule has 0 aromatic carbocycles. The zero-order valence-corrected chi connectivity index (χ0v) is 13.3.